The molecular weight excluding hydrogens is 228 g/mol. The van der Waals surface area contributed by atoms with Gasteiger partial charge in [-0.25, -0.2) is 0 Å². The Labute approximate surface area is 107 Å². The van der Waals surface area contributed by atoms with E-state index in [2.05, 4.69) is 5.32 Å². The van der Waals surface area contributed by atoms with E-state index < -0.39 is 17.9 Å². The second kappa shape index (κ2) is 5.97. The fraction of sp³-hybridized carbons (Fsp3) is 0.357. The molecule has 0 aliphatic carbocycles. The predicted molar refractivity (Wildman–Crippen MR) is 67.9 cm³/mol. The third-order valence-electron chi connectivity index (χ3n) is 2.68. The molecule has 0 aliphatic rings. The second-order valence-electron chi connectivity index (χ2n) is 4.31. The Morgan fingerprint density at radius 3 is 2.28 bits per heavy atom. The van der Waals surface area contributed by atoms with Crippen LogP contribution in [0.1, 0.15) is 29.8 Å². The molecule has 0 radical (unpaired) electrons. The molecule has 4 nitrogen and oxygen atoms in total. The normalized spacial score (nSPS) is 13.2. The molecule has 1 rings (SSSR count). The van der Waals surface area contributed by atoms with Crippen LogP contribution in [0.4, 0.5) is 0 Å². The zero-order valence-corrected chi connectivity index (χ0v) is 10.7. The van der Waals surface area contributed by atoms with Crippen molar-refractivity contribution < 1.29 is 9.59 Å². The Morgan fingerprint density at radius 1 is 1.22 bits per heavy atom. The third kappa shape index (κ3) is 3.42. The van der Waals surface area contributed by atoms with Crippen molar-refractivity contribution in [2.45, 2.75) is 26.8 Å². The van der Waals surface area contributed by atoms with Gasteiger partial charge in [-0.2, -0.15) is 5.26 Å². The van der Waals surface area contributed by atoms with E-state index >= 15 is 0 Å². The summed E-state index contributed by atoms with van der Waals surface area (Å²) in [5.41, 5.74) is 1.62. The average molecular weight is 244 g/mol. The lowest BCUT2D eigenvalue weighted by molar-refractivity contribution is -0.123. The van der Waals surface area contributed by atoms with Crippen molar-refractivity contribution >= 4 is 11.7 Å². The van der Waals surface area contributed by atoms with Gasteiger partial charge < -0.3 is 5.32 Å². The fourth-order valence-electron chi connectivity index (χ4n) is 1.43. The molecule has 1 amide bonds. The molecule has 2 atom stereocenters. The molecule has 0 aliphatic heterocycles. The molecule has 4 heteroatoms. The maximum absolute atomic E-state index is 12.0. The van der Waals surface area contributed by atoms with Crippen molar-refractivity contribution in [3.8, 4) is 6.07 Å². The highest BCUT2D eigenvalue weighted by molar-refractivity contribution is 6.01. The van der Waals surface area contributed by atoms with Crippen LogP contribution in [0.3, 0.4) is 0 Å². The highest BCUT2D eigenvalue weighted by atomic mass is 16.2. The molecule has 0 spiro atoms. The molecule has 0 bridgehead atoms. The van der Waals surface area contributed by atoms with Crippen LogP contribution >= 0.6 is 0 Å². The lowest BCUT2D eigenvalue weighted by atomic mass is 10.0. The molecule has 2 unspecified atom stereocenters. The Balaban J connectivity index is 2.71. The maximum Gasteiger partial charge on any atom is 0.237 e. The fourth-order valence-corrected chi connectivity index (χ4v) is 1.43. The van der Waals surface area contributed by atoms with Gasteiger partial charge in [-0.05, 0) is 20.8 Å². The Bertz CT molecular complexity index is 486. The van der Waals surface area contributed by atoms with E-state index in [0.29, 0.717) is 5.56 Å². The van der Waals surface area contributed by atoms with Crippen LogP contribution in [0.15, 0.2) is 24.3 Å². The smallest absolute Gasteiger partial charge is 0.237 e. The number of benzene rings is 1. The molecule has 94 valence electrons. The number of hydrogen-bond acceptors (Lipinski definition) is 3. The van der Waals surface area contributed by atoms with Gasteiger partial charge in [-0.1, -0.05) is 29.8 Å². The van der Waals surface area contributed by atoms with Gasteiger partial charge in [-0.15, -0.1) is 0 Å². The van der Waals surface area contributed by atoms with Crippen molar-refractivity contribution in [2.24, 2.45) is 5.92 Å². The molecular formula is C14H16N2O2. The van der Waals surface area contributed by atoms with Crippen LogP contribution in [0, 0.1) is 24.2 Å². The van der Waals surface area contributed by atoms with Gasteiger partial charge in [0, 0.05) is 5.56 Å². The van der Waals surface area contributed by atoms with Gasteiger partial charge in [0.15, 0.2) is 5.78 Å². The van der Waals surface area contributed by atoms with E-state index in [9.17, 15) is 9.59 Å². The van der Waals surface area contributed by atoms with Crippen molar-refractivity contribution in [3.63, 3.8) is 0 Å². The number of rotatable bonds is 4. The summed E-state index contributed by atoms with van der Waals surface area (Å²) < 4.78 is 0. The third-order valence-corrected chi connectivity index (χ3v) is 2.68. The predicted octanol–water partition coefficient (Wildman–Crippen LogP) is 1.84. The summed E-state index contributed by atoms with van der Waals surface area (Å²) in [7, 11) is 0. The number of hydrogen-bond donors (Lipinski definition) is 1. The molecule has 1 aromatic carbocycles. The Morgan fingerprint density at radius 2 is 1.78 bits per heavy atom. The number of Topliss-reactive ketones (excluding diaryl/α,β-unsaturated/α-hetero) is 1. The van der Waals surface area contributed by atoms with E-state index in [1.54, 1.807) is 19.1 Å². The van der Waals surface area contributed by atoms with Crippen molar-refractivity contribution in [1.29, 1.82) is 5.26 Å². The first-order chi connectivity index (χ1) is 8.45. The van der Waals surface area contributed by atoms with Crippen LogP contribution in [0.2, 0.25) is 0 Å². The van der Waals surface area contributed by atoms with Crippen LogP contribution in [-0.4, -0.2) is 17.7 Å². The number of amides is 1. The molecule has 0 heterocycles. The highest BCUT2D eigenvalue weighted by Gasteiger charge is 2.20. The number of nitriles is 1. The maximum atomic E-state index is 12.0. The van der Waals surface area contributed by atoms with Crippen molar-refractivity contribution in [1.82, 2.24) is 5.32 Å². The van der Waals surface area contributed by atoms with Crippen molar-refractivity contribution in [2.75, 3.05) is 0 Å². The molecule has 1 aromatic rings. The number of nitrogens with zero attached hydrogens (tertiary/aromatic N) is 1. The largest absolute Gasteiger partial charge is 0.345 e. The standard InChI is InChI=1S/C14H16N2O2/c1-9-4-6-12(7-5-9)13(17)11(3)16-14(18)10(2)8-15/h4-7,10-11H,1-3H3,(H,16,18). The Kier molecular flexibility index (Phi) is 4.61. The van der Waals surface area contributed by atoms with E-state index in [4.69, 9.17) is 5.26 Å². The van der Waals surface area contributed by atoms with E-state index in [0.717, 1.165) is 5.56 Å². The minimum atomic E-state index is -0.752. The minimum Gasteiger partial charge on any atom is -0.345 e. The summed E-state index contributed by atoms with van der Waals surface area (Å²) in [4.78, 5) is 23.5. The van der Waals surface area contributed by atoms with Gasteiger partial charge in [0.05, 0.1) is 12.1 Å². The van der Waals surface area contributed by atoms with Gasteiger partial charge in [0.25, 0.3) is 0 Å². The molecule has 0 saturated heterocycles. The molecule has 1 N–H and O–H groups in total. The first-order valence-electron chi connectivity index (χ1n) is 5.76. The van der Waals surface area contributed by atoms with Crippen LogP contribution in [0.5, 0.6) is 0 Å². The lowest BCUT2D eigenvalue weighted by Crippen LogP contribution is -2.40. The Hall–Kier alpha value is -2.15. The number of carbonyl (C=O) groups excluding carboxylic acids is 2. The second-order valence-corrected chi connectivity index (χ2v) is 4.31. The topological polar surface area (TPSA) is 70.0 Å². The summed E-state index contributed by atoms with van der Waals surface area (Å²) in [5.74, 6) is -1.34. The monoisotopic (exact) mass is 244 g/mol. The zero-order chi connectivity index (χ0) is 13.7. The molecule has 18 heavy (non-hydrogen) atoms. The first kappa shape index (κ1) is 13.9. The number of aryl methyl sites for hydroxylation is 1. The quantitative estimate of drug-likeness (QED) is 0.821. The lowest BCUT2D eigenvalue weighted by Gasteiger charge is -2.13. The van der Waals surface area contributed by atoms with E-state index in [1.165, 1.54) is 6.92 Å². The van der Waals surface area contributed by atoms with Crippen LogP contribution in [0.25, 0.3) is 0 Å². The number of nitrogens with one attached hydrogen (secondary N) is 1. The average Bonchev–Trinajstić information content (AvgIpc) is 2.37. The van der Waals surface area contributed by atoms with E-state index in [1.807, 2.05) is 25.1 Å². The van der Waals surface area contributed by atoms with Crippen molar-refractivity contribution in [3.05, 3.63) is 35.4 Å². The first-order valence-corrected chi connectivity index (χ1v) is 5.76. The number of carbonyl (C=O) groups is 2. The van der Waals surface area contributed by atoms with Crippen LogP contribution in [-0.2, 0) is 4.79 Å². The highest BCUT2D eigenvalue weighted by Crippen LogP contribution is 2.07. The SMILES string of the molecule is Cc1ccc(C(=O)C(C)NC(=O)C(C)C#N)cc1. The summed E-state index contributed by atoms with van der Waals surface area (Å²) >= 11 is 0. The molecule has 0 aromatic heterocycles. The van der Waals surface area contributed by atoms with Gasteiger partial charge in [0.1, 0.15) is 5.92 Å². The summed E-state index contributed by atoms with van der Waals surface area (Å²) in [6.45, 7) is 5.05. The van der Waals surface area contributed by atoms with Crippen LogP contribution < -0.4 is 5.32 Å². The summed E-state index contributed by atoms with van der Waals surface area (Å²) in [6.07, 6.45) is 0. The van der Waals surface area contributed by atoms with Gasteiger partial charge >= 0.3 is 0 Å². The zero-order valence-electron chi connectivity index (χ0n) is 10.7. The molecule has 0 fully saturated rings. The molecule has 0 saturated carbocycles. The minimum absolute atomic E-state index is 0.159. The summed E-state index contributed by atoms with van der Waals surface area (Å²) in [5, 5.41) is 11.1. The number of ketones is 1. The van der Waals surface area contributed by atoms with Gasteiger partial charge in [0.2, 0.25) is 5.91 Å². The summed E-state index contributed by atoms with van der Waals surface area (Å²) in [6, 6.07) is 8.36. The van der Waals surface area contributed by atoms with Gasteiger partial charge in [-0.3, -0.25) is 9.59 Å². The van der Waals surface area contributed by atoms with E-state index in [-0.39, 0.29) is 5.78 Å².